The maximum absolute atomic E-state index is 14.3. The van der Waals surface area contributed by atoms with Crippen LogP contribution in [0.15, 0.2) is 11.2 Å². The molecule has 0 N–H and O–H groups in total. The smallest absolute Gasteiger partial charge is 0.270 e. The average Bonchev–Trinajstić information content (AvgIpc) is 3.40. The summed E-state index contributed by atoms with van der Waals surface area (Å²) in [6.45, 7) is 0.589. The molecule has 0 bridgehead atoms. The van der Waals surface area contributed by atoms with Crippen LogP contribution < -0.4 is 5.01 Å². The second-order valence-electron chi connectivity index (χ2n) is 8.22. The van der Waals surface area contributed by atoms with E-state index in [4.69, 9.17) is 4.74 Å². The third-order valence-corrected chi connectivity index (χ3v) is 7.66. The average molecular weight is 491 g/mol. The van der Waals surface area contributed by atoms with Crippen molar-refractivity contribution in [1.82, 2.24) is 4.90 Å². The number of rotatable bonds is 5. The largest absolute Gasteiger partial charge is 0.376 e. The Labute approximate surface area is 187 Å². The van der Waals surface area contributed by atoms with Gasteiger partial charge in [0.1, 0.15) is 11.4 Å². The van der Waals surface area contributed by atoms with Crippen molar-refractivity contribution in [3.63, 3.8) is 0 Å². The minimum absolute atomic E-state index is 0.00222. The quantitative estimate of drug-likeness (QED) is 0.463. The Morgan fingerprint density at radius 3 is 2.42 bits per heavy atom. The molecular formula is C20H21F4N3O5S. The number of nitrogens with zero attached hydrogens (tertiary/aromatic N) is 3. The molecule has 180 valence electrons. The third kappa shape index (κ3) is 4.74. The van der Waals surface area contributed by atoms with E-state index in [1.165, 1.54) is 4.90 Å². The van der Waals surface area contributed by atoms with Crippen molar-refractivity contribution in [2.45, 2.75) is 44.2 Å². The van der Waals surface area contributed by atoms with Gasteiger partial charge < -0.3 is 9.64 Å². The van der Waals surface area contributed by atoms with E-state index in [2.05, 4.69) is 5.10 Å². The molecule has 13 heteroatoms. The van der Waals surface area contributed by atoms with Crippen molar-refractivity contribution in [2.24, 2.45) is 5.10 Å². The number of amides is 2. The molecule has 8 nitrogen and oxygen atoms in total. The highest BCUT2D eigenvalue weighted by Crippen LogP contribution is 2.31. The first-order valence-corrected chi connectivity index (χ1v) is 12.3. The van der Waals surface area contributed by atoms with Crippen molar-refractivity contribution < 1.29 is 40.3 Å². The standard InChI is InChI=1S/C20H21F4N3O5S/c21-13-8-14(22)18(24)19(17(13)23)27-16(28)4-3-15(25-27)20(29)26(9-12-2-1-6-32-12)11-5-7-33(30,31)10-11/h8,11-12H,1-7,9-10H2. The summed E-state index contributed by atoms with van der Waals surface area (Å²) in [6.07, 6.45) is 0.762. The van der Waals surface area contributed by atoms with Crippen molar-refractivity contribution in [3.05, 3.63) is 29.3 Å². The lowest BCUT2D eigenvalue weighted by atomic mass is 10.1. The Kier molecular flexibility index (Phi) is 6.45. The van der Waals surface area contributed by atoms with E-state index in [1.54, 1.807) is 0 Å². The molecule has 2 atom stereocenters. The molecule has 3 heterocycles. The van der Waals surface area contributed by atoms with Crippen molar-refractivity contribution in [2.75, 3.05) is 29.7 Å². The highest BCUT2D eigenvalue weighted by atomic mass is 32.2. The number of halogens is 4. The number of hydrazone groups is 1. The van der Waals surface area contributed by atoms with Gasteiger partial charge in [0, 0.05) is 38.1 Å². The fourth-order valence-corrected chi connectivity index (χ4v) is 5.95. The predicted octanol–water partition coefficient (Wildman–Crippen LogP) is 1.92. The zero-order chi connectivity index (χ0) is 23.9. The second kappa shape index (κ2) is 9.01. The molecule has 4 rings (SSSR count). The van der Waals surface area contributed by atoms with Crippen LogP contribution >= 0.6 is 0 Å². The summed E-state index contributed by atoms with van der Waals surface area (Å²) in [6, 6.07) is -0.650. The Hall–Kier alpha value is -2.54. The molecule has 2 fully saturated rings. The summed E-state index contributed by atoms with van der Waals surface area (Å²) in [7, 11) is -3.34. The Morgan fingerprint density at radius 1 is 1.15 bits per heavy atom. The third-order valence-electron chi connectivity index (χ3n) is 5.91. The summed E-state index contributed by atoms with van der Waals surface area (Å²) in [5, 5.41) is 3.90. The van der Waals surface area contributed by atoms with Gasteiger partial charge in [0.2, 0.25) is 5.91 Å². The van der Waals surface area contributed by atoms with Gasteiger partial charge >= 0.3 is 0 Å². The van der Waals surface area contributed by atoms with Gasteiger partial charge in [0.15, 0.2) is 33.1 Å². The first-order valence-electron chi connectivity index (χ1n) is 10.4. The number of sulfone groups is 1. The fraction of sp³-hybridized carbons (Fsp3) is 0.550. The fourth-order valence-electron chi connectivity index (χ4n) is 4.22. The minimum atomic E-state index is -3.34. The molecule has 1 aromatic carbocycles. The van der Waals surface area contributed by atoms with Crippen LogP contribution in [0.4, 0.5) is 23.2 Å². The van der Waals surface area contributed by atoms with E-state index in [0.717, 1.165) is 6.42 Å². The molecule has 2 amide bonds. The number of carbonyl (C=O) groups excluding carboxylic acids is 2. The molecule has 3 aliphatic rings. The first kappa shape index (κ1) is 23.6. The zero-order valence-corrected chi connectivity index (χ0v) is 18.2. The summed E-state index contributed by atoms with van der Waals surface area (Å²) in [4.78, 5) is 27.0. The minimum Gasteiger partial charge on any atom is -0.376 e. The summed E-state index contributed by atoms with van der Waals surface area (Å²) >= 11 is 0. The van der Waals surface area contributed by atoms with Crippen LogP contribution in [0.25, 0.3) is 0 Å². The van der Waals surface area contributed by atoms with Gasteiger partial charge in [-0.15, -0.1) is 0 Å². The van der Waals surface area contributed by atoms with Gasteiger partial charge in [-0.05, 0) is 19.3 Å². The van der Waals surface area contributed by atoms with E-state index in [0.29, 0.717) is 13.0 Å². The SMILES string of the molecule is O=C1CCC(C(=O)N(CC2CCCO2)C2CCS(=O)(=O)C2)=NN1c1c(F)c(F)cc(F)c1F. The van der Waals surface area contributed by atoms with E-state index in [1.807, 2.05) is 0 Å². The summed E-state index contributed by atoms with van der Waals surface area (Å²) < 4.78 is 85.4. The second-order valence-corrected chi connectivity index (χ2v) is 10.4. The van der Waals surface area contributed by atoms with Crippen LogP contribution in [0.3, 0.4) is 0 Å². The maximum Gasteiger partial charge on any atom is 0.270 e. The van der Waals surface area contributed by atoms with E-state index in [-0.39, 0.29) is 53.8 Å². The van der Waals surface area contributed by atoms with E-state index < -0.39 is 63.1 Å². The van der Waals surface area contributed by atoms with Crippen molar-refractivity contribution in [3.8, 4) is 0 Å². The zero-order valence-electron chi connectivity index (χ0n) is 17.4. The molecule has 1 aromatic rings. The lowest BCUT2D eigenvalue weighted by Crippen LogP contribution is -2.49. The van der Waals surface area contributed by atoms with Crippen LogP contribution in [0.1, 0.15) is 32.1 Å². The van der Waals surface area contributed by atoms with Gasteiger partial charge in [-0.1, -0.05) is 0 Å². The molecule has 0 aliphatic carbocycles. The highest BCUT2D eigenvalue weighted by molar-refractivity contribution is 7.91. The van der Waals surface area contributed by atoms with E-state index in [9.17, 15) is 35.6 Å². The molecule has 2 unspecified atom stereocenters. The van der Waals surface area contributed by atoms with Crippen LogP contribution in [0.5, 0.6) is 0 Å². The summed E-state index contributed by atoms with van der Waals surface area (Å²) in [5.41, 5.74) is -1.63. The van der Waals surface area contributed by atoms with Gasteiger partial charge in [-0.2, -0.15) is 10.1 Å². The van der Waals surface area contributed by atoms with Crippen molar-refractivity contribution in [1.29, 1.82) is 0 Å². The molecule has 0 saturated carbocycles. The molecule has 3 aliphatic heterocycles. The van der Waals surface area contributed by atoms with E-state index >= 15 is 0 Å². The Bertz CT molecular complexity index is 1090. The van der Waals surface area contributed by atoms with Crippen LogP contribution in [0, 0.1) is 23.3 Å². The molecule has 33 heavy (non-hydrogen) atoms. The number of hydrogen-bond donors (Lipinski definition) is 0. The normalized spacial score (nSPS) is 24.8. The van der Waals surface area contributed by atoms with Crippen LogP contribution in [-0.2, 0) is 24.2 Å². The van der Waals surface area contributed by atoms with Crippen molar-refractivity contribution >= 4 is 33.1 Å². The highest BCUT2D eigenvalue weighted by Gasteiger charge is 2.39. The molecular weight excluding hydrogens is 470 g/mol. The Morgan fingerprint density at radius 2 is 1.85 bits per heavy atom. The Balaban J connectivity index is 1.68. The predicted molar refractivity (Wildman–Crippen MR) is 108 cm³/mol. The molecule has 0 radical (unpaired) electrons. The number of hydrogen-bond acceptors (Lipinski definition) is 6. The topological polar surface area (TPSA) is 96.3 Å². The maximum atomic E-state index is 14.3. The van der Waals surface area contributed by atoms with Gasteiger partial charge in [-0.3, -0.25) is 9.59 Å². The number of benzene rings is 1. The first-order chi connectivity index (χ1) is 15.6. The summed E-state index contributed by atoms with van der Waals surface area (Å²) in [5.74, 6) is -9.10. The van der Waals surface area contributed by atoms with Crippen LogP contribution in [0.2, 0.25) is 0 Å². The number of carbonyl (C=O) groups is 2. The number of ether oxygens (including phenoxy) is 1. The van der Waals surface area contributed by atoms with Crippen LogP contribution in [-0.4, -0.2) is 67.6 Å². The lowest BCUT2D eigenvalue weighted by molar-refractivity contribution is -0.127. The monoisotopic (exact) mass is 491 g/mol. The molecule has 0 spiro atoms. The van der Waals surface area contributed by atoms with Gasteiger partial charge in [0.25, 0.3) is 5.91 Å². The lowest BCUT2D eigenvalue weighted by Gasteiger charge is -2.32. The molecule has 0 aromatic heterocycles. The number of anilines is 1. The van der Waals surface area contributed by atoms with Gasteiger partial charge in [0.05, 0.1) is 17.6 Å². The molecule has 2 saturated heterocycles. The van der Waals surface area contributed by atoms with Gasteiger partial charge in [-0.25, -0.2) is 26.0 Å².